The van der Waals surface area contributed by atoms with Gasteiger partial charge < -0.3 is 9.64 Å². The van der Waals surface area contributed by atoms with Crippen LogP contribution in [0.15, 0.2) is 42.9 Å². The summed E-state index contributed by atoms with van der Waals surface area (Å²) in [5.41, 5.74) is 1.34. The molecule has 1 N–H and O–H groups in total. The Kier molecular flexibility index (Phi) is 6.52. The van der Waals surface area contributed by atoms with Gasteiger partial charge in [0.15, 0.2) is 0 Å². The largest absolute Gasteiger partial charge is 0.477 e. The maximum Gasteiger partial charge on any atom is 0.257 e. The van der Waals surface area contributed by atoms with E-state index < -0.39 is 33.0 Å². The van der Waals surface area contributed by atoms with E-state index in [2.05, 4.69) is 24.7 Å². The number of likely N-dealkylation sites (tertiary alicyclic amines) is 1. The number of nitrogens with one attached hydrogen (secondary N) is 1. The van der Waals surface area contributed by atoms with Gasteiger partial charge in [0.2, 0.25) is 21.9 Å². The first kappa shape index (κ1) is 24.0. The molecule has 0 spiro atoms. The number of amides is 1. The van der Waals surface area contributed by atoms with E-state index in [0.29, 0.717) is 61.7 Å². The molecule has 0 radical (unpaired) electrons. The third kappa shape index (κ3) is 4.99. The lowest BCUT2D eigenvalue weighted by atomic mass is 10.1. The molecular formula is C24H25FN6O4S. The number of hydrogen-bond acceptors (Lipinski definition) is 8. The van der Waals surface area contributed by atoms with Gasteiger partial charge in [-0.1, -0.05) is 6.07 Å². The summed E-state index contributed by atoms with van der Waals surface area (Å²) in [6, 6.07) is 5.54. The molecule has 5 rings (SSSR count). The molecule has 1 saturated heterocycles. The number of carbonyl (C=O) groups is 1. The molecule has 10 nitrogen and oxygen atoms in total. The Balaban J connectivity index is 1.36. The highest BCUT2D eigenvalue weighted by Gasteiger charge is 2.37. The van der Waals surface area contributed by atoms with Crippen LogP contribution in [-0.2, 0) is 10.0 Å². The summed E-state index contributed by atoms with van der Waals surface area (Å²) in [5.74, 6) is -0.828. The first-order valence-electron chi connectivity index (χ1n) is 11.8. The van der Waals surface area contributed by atoms with Crippen molar-refractivity contribution in [3.05, 3.63) is 59.9 Å². The lowest BCUT2D eigenvalue weighted by molar-refractivity contribution is 0.0728. The number of ether oxygens (including phenoxy) is 1. The van der Waals surface area contributed by atoms with E-state index in [1.54, 1.807) is 17.0 Å². The van der Waals surface area contributed by atoms with E-state index in [-0.39, 0.29) is 11.5 Å². The summed E-state index contributed by atoms with van der Waals surface area (Å²) in [4.78, 5) is 31.7. The molecule has 3 aromatic rings. The highest BCUT2D eigenvalue weighted by Crippen LogP contribution is 2.34. The smallest absolute Gasteiger partial charge is 0.257 e. The predicted molar refractivity (Wildman–Crippen MR) is 129 cm³/mol. The van der Waals surface area contributed by atoms with Gasteiger partial charge in [0.05, 0.1) is 47.2 Å². The van der Waals surface area contributed by atoms with Crippen molar-refractivity contribution in [2.45, 2.75) is 43.9 Å². The van der Waals surface area contributed by atoms with Crippen molar-refractivity contribution in [1.29, 1.82) is 0 Å². The van der Waals surface area contributed by atoms with E-state index in [9.17, 15) is 13.2 Å². The quantitative estimate of drug-likeness (QED) is 0.487. The predicted octanol–water partition coefficient (Wildman–Crippen LogP) is 3.35. The van der Waals surface area contributed by atoms with Crippen molar-refractivity contribution in [2.24, 2.45) is 0 Å². The Morgan fingerprint density at radius 2 is 2.03 bits per heavy atom. The summed E-state index contributed by atoms with van der Waals surface area (Å²) in [7, 11) is -3.51. The molecule has 2 fully saturated rings. The topological polar surface area (TPSA) is 127 Å². The van der Waals surface area contributed by atoms with Gasteiger partial charge in [-0.3, -0.25) is 14.5 Å². The van der Waals surface area contributed by atoms with Crippen molar-refractivity contribution in [3.63, 3.8) is 0 Å². The Labute approximate surface area is 208 Å². The second-order valence-electron chi connectivity index (χ2n) is 8.68. The van der Waals surface area contributed by atoms with Gasteiger partial charge in [0.25, 0.3) is 5.91 Å². The van der Waals surface area contributed by atoms with Gasteiger partial charge >= 0.3 is 0 Å². The monoisotopic (exact) mass is 512 g/mol. The van der Waals surface area contributed by atoms with Gasteiger partial charge in [-0.15, -0.1) is 0 Å². The van der Waals surface area contributed by atoms with Gasteiger partial charge in [-0.25, -0.2) is 27.8 Å². The minimum Gasteiger partial charge on any atom is -0.477 e. The van der Waals surface area contributed by atoms with Crippen LogP contribution in [-0.4, -0.2) is 57.6 Å². The Bertz CT molecular complexity index is 1400. The number of nitrogens with zero attached hydrogens (tertiary/aromatic N) is 5. The number of hydrogen-bond donors (Lipinski definition) is 1. The van der Waals surface area contributed by atoms with Crippen molar-refractivity contribution in [1.82, 2.24) is 24.8 Å². The number of benzene rings is 1. The SMILES string of the molecule is CCOc1cncc(-c2ccc(C(=O)N3CCCC3c3ccnc(NS(=O)(=O)C4CC4)n3)c(F)c2)n1. The summed E-state index contributed by atoms with van der Waals surface area (Å²) >= 11 is 0. The maximum atomic E-state index is 15.1. The average Bonchev–Trinajstić information content (AvgIpc) is 3.62. The third-order valence-electron chi connectivity index (χ3n) is 6.13. The number of halogens is 1. The Morgan fingerprint density at radius 1 is 1.19 bits per heavy atom. The van der Waals surface area contributed by atoms with Crippen LogP contribution < -0.4 is 9.46 Å². The van der Waals surface area contributed by atoms with Crippen molar-refractivity contribution < 1.29 is 22.3 Å². The molecule has 1 saturated carbocycles. The fraction of sp³-hybridized carbons (Fsp3) is 0.375. The molecule has 1 amide bonds. The summed E-state index contributed by atoms with van der Waals surface area (Å²) in [5, 5.41) is -0.409. The molecule has 1 aromatic carbocycles. The lowest BCUT2D eigenvalue weighted by Gasteiger charge is -2.25. The lowest BCUT2D eigenvalue weighted by Crippen LogP contribution is -2.32. The molecular weight excluding hydrogens is 487 g/mol. The number of sulfonamides is 1. The van der Waals surface area contributed by atoms with Crippen LogP contribution in [0.5, 0.6) is 5.88 Å². The van der Waals surface area contributed by atoms with Crippen molar-refractivity contribution >= 4 is 21.9 Å². The zero-order chi connectivity index (χ0) is 25.3. The van der Waals surface area contributed by atoms with E-state index >= 15 is 4.39 Å². The van der Waals surface area contributed by atoms with E-state index in [1.165, 1.54) is 30.7 Å². The standard InChI is InChI=1S/C24H25FN6O4S/c1-2-35-22-14-26-13-20(28-22)15-5-8-17(18(25)12-15)23(32)31-11-3-4-21(31)19-9-10-27-24(29-19)30-36(33,34)16-6-7-16/h5,8-10,12-14,16,21H,2-4,6-7,11H2,1H3,(H,27,29,30). The van der Waals surface area contributed by atoms with E-state index in [4.69, 9.17) is 4.74 Å². The Morgan fingerprint density at radius 3 is 2.78 bits per heavy atom. The van der Waals surface area contributed by atoms with Crippen LogP contribution in [0.4, 0.5) is 10.3 Å². The molecule has 3 heterocycles. The van der Waals surface area contributed by atoms with Crippen LogP contribution >= 0.6 is 0 Å². The molecule has 36 heavy (non-hydrogen) atoms. The fourth-order valence-electron chi connectivity index (χ4n) is 4.22. The van der Waals surface area contributed by atoms with Crippen LogP contribution in [0.2, 0.25) is 0 Å². The van der Waals surface area contributed by atoms with Crippen LogP contribution in [0, 0.1) is 5.82 Å². The van der Waals surface area contributed by atoms with Crippen molar-refractivity contribution in [3.8, 4) is 17.1 Å². The maximum absolute atomic E-state index is 15.1. The van der Waals surface area contributed by atoms with Gasteiger partial charge in [0, 0.05) is 18.3 Å². The van der Waals surface area contributed by atoms with Crippen LogP contribution in [0.3, 0.4) is 0 Å². The molecule has 2 aliphatic rings. The zero-order valence-corrected chi connectivity index (χ0v) is 20.4. The average molecular weight is 513 g/mol. The third-order valence-corrected chi connectivity index (χ3v) is 7.95. The molecule has 1 aliphatic carbocycles. The zero-order valence-electron chi connectivity index (χ0n) is 19.6. The number of aromatic nitrogens is 4. The van der Waals surface area contributed by atoms with Gasteiger partial charge in [-0.2, -0.15) is 0 Å². The number of carbonyl (C=O) groups excluding carboxylic acids is 1. The first-order chi connectivity index (χ1) is 17.4. The molecule has 1 atom stereocenters. The molecule has 12 heteroatoms. The van der Waals surface area contributed by atoms with E-state index in [0.717, 1.165) is 0 Å². The molecule has 0 bridgehead atoms. The second-order valence-corrected chi connectivity index (χ2v) is 10.6. The summed E-state index contributed by atoms with van der Waals surface area (Å²) < 4.78 is 47.4. The highest BCUT2D eigenvalue weighted by molar-refractivity contribution is 7.93. The molecule has 188 valence electrons. The van der Waals surface area contributed by atoms with Crippen molar-refractivity contribution in [2.75, 3.05) is 17.9 Å². The van der Waals surface area contributed by atoms with Gasteiger partial charge in [0.1, 0.15) is 5.82 Å². The Hall–Kier alpha value is -3.67. The molecule has 2 aromatic heterocycles. The summed E-state index contributed by atoms with van der Waals surface area (Å²) in [6.45, 7) is 2.69. The minimum absolute atomic E-state index is 0.0235. The molecule has 1 unspecified atom stereocenters. The number of rotatable bonds is 8. The summed E-state index contributed by atoms with van der Waals surface area (Å²) in [6.07, 6.45) is 7.01. The van der Waals surface area contributed by atoms with Gasteiger partial charge in [-0.05, 0) is 50.8 Å². The van der Waals surface area contributed by atoms with E-state index in [1.807, 2.05) is 6.92 Å². The fourth-order valence-corrected chi connectivity index (χ4v) is 5.50. The van der Waals surface area contributed by atoms with Crippen LogP contribution in [0.1, 0.15) is 54.7 Å². The highest BCUT2D eigenvalue weighted by atomic mass is 32.2. The number of anilines is 1. The normalized spacial score (nSPS) is 17.7. The minimum atomic E-state index is -3.51. The molecule has 1 aliphatic heterocycles. The second kappa shape index (κ2) is 9.76. The van der Waals surface area contributed by atoms with Crippen LogP contribution in [0.25, 0.3) is 11.3 Å². The first-order valence-corrected chi connectivity index (χ1v) is 13.3.